The summed E-state index contributed by atoms with van der Waals surface area (Å²) in [5, 5.41) is 12.1. The number of carbonyl (C=O) groups excluding carboxylic acids is 1. The van der Waals surface area contributed by atoms with E-state index in [4.69, 9.17) is 5.11 Å². The van der Waals surface area contributed by atoms with Crippen LogP contribution in [0.2, 0.25) is 0 Å². The smallest absolute Gasteiger partial charge is 0.171 e. The third kappa shape index (κ3) is 20.1. The molecule has 194 valence electrons. The van der Waals surface area contributed by atoms with Crippen molar-refractivity contribution in [2.75, 3.05) is 14.2 Å². The number of benzene rings is 1. The van der Waals surface area contributed by atoms with Crippen LogP contribution in [0.25, 0.3) is 0 Å². The maximum atomic E-state index is 11.5. The molecule has 2 N–H and O–H groups in total. The van der Waals surface area contributed by atoms with Gasteiger partial charge in [0.1, 0.15) is 6.29 Å². The summed E-state index contributed by atoms with van der Waals surface area (Å²) in [4.78, 5) is 13.6. The van der Waals surface area contributed by atoms with Crippen molar-refractivity contribution < 1.29 is 23.8 Å². The number of allylic oxidation sites excluding steroid dienone is 6. The number of carbonyl (C=O) groups is 1. The van der Waals surface area contributed by atoms with Crippen LogP contribution >= 0.6 is 0 Å². The van der Waals surface area contributed by atoms with E-state index in [-0.39, 0.29) is 11.9 Å². The van der Waals surface area contributed by atoms with E-state index < -0.39 is 0 Å². The molecule has 6 heteroatoms. The first kappa shape index (κ1) is 36.0. The second-order valence-corrected chi connectivity index (χ2v) is 7.12. The Morgan fingerprint density at radius 2 is 1.85 bits per heavy atom. The van der Waals surface area contributed by atoms with Crippen LogP contribution in [0.5, 0.6) is 5.75 Å². The van der Waals surface area contributed by atoms with Gasteiger partial charge in [0.15, 0.2) is 5.75 Å². The van der Waals surface area contributed by atoms with Crippen LogP contribution in [0.1, 0.15) is 59.4 Å². The molecule has 0 amide bonds. The number of alkyl halides is 1. The molecule has 0 bridgehead atoms. The van der Waals surface area contributed by atoms with Crippen molar-refractivity contribution in [2.45, 2.75) is 66.5 Å². The third-order valence-electron chi connectivity index (χ3n) is 4.34. The van der Waals surface area contributed by atoms with E-state index >= 15 is 0 Å². The van der Waals surface area contributed by atoms with Crippen LogP contribution in [0.15, 0.2) is 72.4 Å². The highest BCUT2D eigenvalue weighted by Crippen LogP contribution is 2.23. The van der Waals surface area contributed by atoms with Gasteiger partial charge in [-0.25, -0.2) is 0 Å². The maximum Gasteiger partial charge on any atom is 0.171 e. The first-order chi connectivity index (χ1) is 16.4. The standard InChI is InChI=1S/C10H14O.C8H10FNO.C7H12O.C2H6.CH3F/c1-3-6-10(7-4-2)8-5-9-11;1-10-6-7-2-4-8(11-9)5-3-7;1-5-3-6(2)7(8)4-5;2*1-2/h3-4,6-7,9H,1,5,8H2,2H3;2-5,10H,6H2,1H3;4,6-8H,3H2,1-2H3;1-2H3;1H3/b7-4-,10-6+;;;;. The summed E-state index contributed by atoms with van der Waals surface area (Å²) in [5.41, 5.74) is 3.58. The average Bonchev–Trinajstić information content (AvgIpc) is 3.16. The zero-order chi connectivity index (χ0) is 26.8. The van der Waals surface area contributed by atoms with Gasteiger partial charge in [-0.3, -0.25) is 9.33 Å². The Bertz CT molecular complexity index is 698. The molecule has 34 heavy (non-hydrogen) atoms. The van der Waals surface area contributed by atoms with Crippen molar-refractivity contribution in [1.29, 1.82) is 0 Å². The first-order valence-corrected chi connectivity index (χ1v) is 11.5. The summed E-state index contributed by atoms with van der Waals surface area (Å²) < 4.78 is 21.0. The Labute approximate surface area is 206 Å². The fourth-order valence-electron chi connectivity index (χ4n) is 2.83. The zero-order valence-corrected chi connectivity index (χ0v) is 22.0. The third-order valence-corrected chi connectivity index (χ3v) is 4.34. The summed E-state index contributed by atoms with van der Waals surface area (Å²) in [6.45, 7) is 14.5. The summed E-state index contributed by atoms with van der Waals surface area (Å²) in [6, 6.07) is 6.80. The van der Waals surface area contributed by atoms with Crippen molar-refractivity contribution >= 4 is 6.29 Å². The number of aldehydes is 1. The molecule has 1 aromatic carbocycles. The largest absolute Gasteiger partial charge is 0.389 e. The zero-order valence-electron chi connectivity index (χ0n) is 22.0. The van der Waals surface area contributed by atoms with Crippen LogP contribution in [0, 0.1) is 5.92 Å². The molecular weight excluding hydrogens is 436 g/mol. The van der Waals surface area contributed by atoms with Crippen LogP contribution in [0.4, 0.5) is 8.92 Å². The minimum absolute atomic E-state index is 0.171. The van der Waals surface area contributed by atoms with Gasteiger partial charge in [0.2, 0.25) is 0 Å². The van der Waals surface area contributed by atoms with Crippen LogP contribution in [-0.2, 0) is 11.3 Å². The number of hydrogen-bond donors (Lipinski definition) is 2. The Hall–Kier alpha value is -2.57. The summed E-state index contributed by atoms with van der Waals surface area (Å²) in [7, 11) is 2.36. The van der Waals surface area contributed by atoms with Crippen LogP contribution in [0.3, 0.4) is 0 Å². The topological polar surface area (TPSA) is 58.6 Å². The minimum atomic E-state index is -0.171. The number of halogens is 2. The van der Waals surface area contributed by atoms with E-state index in [9.17, 15) is 13.7 Å². The number of aliphatic hydroxyl groups excluding tert-OH is 1. The highest BCUT2D eigenvalue weighted by atomic mass is 19.3. The van der Waals surface area contributed by atoms with Crippen LogP contribution < -0.4 is 10.3 Å². The Kier molecular flexibility index (Phi) is 28.3. The van der Waals surface area contributed by atoms with Crippen molar-refractivity contribution in [2.24, 2.45) is 5.92 Å². The Morgan fingerprint density at radius 3 is 2.18 bits per heavy atom. The molecule has 0 spiro atoms. The molecule has 0 fully saturated rings. The summed E-state index contributed by atoms with van der Waals surface area (Å²) in [6.07, 6.45) is 12.8. The highest BCUT2D eigenvalue weighted by molar-refractivity contribution is 5.50. The van der Waals surface area contributed by atoms with Crippen molar-refractivity contribution in [3.63, 3.8) is 0 Å². The highest BCUT2D eigenvalue weighted by Gasteiger charge is 2.18. The second-order valence-electron chi connectivity index (χ2n) is 7.12. The molecule has 2 rings (SSSR count). The van der Waals surface area contributed by atoms with Crippen molar-refractivity contribution in [3.8, 4) is 5.75 Å². The van der Waals surface area contributed by atoms with E-state index in [1.165, 1.54) is 5.57 Å². The number of hydrogen-bond acceptors (Lipinski definition) is 4. The van der Waals surface area contributed by atoms with Gasteiger partial charge in [0.25, 0.3) is 0 Å². The average molecular weight is 482 g/mol. The lowest BCUT2D eigenvalue weighted by atomic mass is 10.1. The van der Waals surface area contributed by atoms with Gasteiger partial charge in [0.05, 0.1) is 13.3 Å². The lowest BCUT2D eigenvalue weighted by Gasteiger charge is -2.04. The van der Waals surface area contributed by atoms with Crippen LogP contribution in [-0.4, -0.2) is 31.7 Å². The van der Waals surface area contributed by atoms with E-state index in [2.05, 4.69) is 30.7 Å². The summed E-state index contributed by atoms with van der Waals surface area (Å²) in [5.74, 6) is 0.694. The molecule has 0 heterocycles. The molecule has 2 unspecified atom stereocenters. The van der Waals surface area contributed by atoms with Crippen molar-refractivity contribution in [1.82, 2.24) is 5.32 Å². The predicted molar refractivity (Wildman–Crippen MR) is 141 cm³/mol. The lowest BCUT2D eigenvalue weighted by Crippen LogP contribution is -2.07. The van der Waals surface area contributed by atoms with Gasteiger partial charge < -0.3 is 15.2 Å². The molecule has 0 saturated heterocycles. The molecule has 1 aliphatic carbocycles. The molecule has 0 saturated carbocycles. The van der Waals surface area contributed by atoms with E-state index in [0.29, 0.717) is 19.5 Å². The molecular formula is C28H45F2NO3. The summed E-state index contributed by atoms with van der Waals surface area (Å²) >= 11 is 0. The SMILES string of the molecule is C=C/C=C(\C=C/C)CCC=O.CC.CC1=CC(O)C(C)C1.CF.CNCc1ccc(OF)cc1. The molecule has 2 atom stereocenters. The molecule has 0 aromatic heterocycles. The number of aliphatic hydroxyl groups is 1. The normalized spacial score (nSPS) is 16.2. The second kappa shape index (κ2) is 26.7. The van der Waals surface area contributed by atoms with Gasteiger partial charge in [0, 0.05) is 17.5 Å². The molecule has 0 aliphatic heterocycles. The predicted octanol–water partition coefficient (Wildman–Crippen LogP) is 7.27. The van der Waals surface area contributed by atoms with E-state index in [1.54, 1.807) is 18.2 Å². The fourth-order valence-corrected chi connectivity index (χ4v) is 2.83. The molecule has 1 aliphatic rings. The molecule has 0 radical (unpaired) electrons. The maximum absolute atomic E-state index is 11.5. The monoisotopic (exact) mass is 481 g/mol. The fraction of sp³-hybridized carbons (Fsp3) is 0.464. The van der Waals surface area contributed by atoms with E-state index in [0.717, 1.165) is 36.8 Å². The molecule has 1 aromatic rings. The quantitative estimate of drug-likeness (QED) is 0.233. The Balaban J connectivity index is -0.000000398. The molecule has 4 nitrogen and oxygen atoms in total. The van der Waals surface area contributed by atoms with Crippen molar-refractivity contribution in [3.05, 3.63) is 77.9 Å². The number of nitrogens with one attached hydrogen (secondary N) is 1. The minimum Gasteiger partial charge on any atom is -0.389 e. The van der Waals surface area contributed by atoms with Gasteiger partial charge >= 0.3 is 0 Å². The van der Waals surface area contributed by atoms with Gasteiger partial charge in [-0.05, 0) is 62.9 Å². The van der Waals surface area contributed by atoms with E-state index in [1.807, 2.05) is 64.3 Å². The lowest BCUT2D eigenvalue weighted by molar-refractivity contribution is -0.107. The van der Waals surface area contributed by atoms with Gasteiger partial charge in [-0.15, -0.1) is 0 Å². The van der Waals surface area contributed by atoms with Gasteiger partial charge in [-0.1, -0.05) is 75.4 Å². The Morgan fingerprint density at radius 1 is 1.26 bits per heavy atom. The first-order valence-electron chi connectivity index (χ1n) is 11.5. The number of rotatable bonds is 8. The van der Waals surface area contributed by atoms with Gasteiger partial charge in [-0.2, -0.15) is 0 Å².